The van der Waals surface area contributed by atoms with Crippen LogP contribution in [0.3, 0.4) is 0 Å². The Bertz CT molecular complexity index is 1230. The smallest absolute Gasteiger partial charge is 0.277 e. The second-order valence-electron chi connectivity index (χ2n) is 7.08. The number of aliphatic imine (C=N–C) groups is 1. The number of hydrogen-bond acceptors (Lipinski definition) is 2. The van der Waals surface area contributed by atoms with Crippen molar-refractivity contribution in [1.82, 2.24) is 4.57 Å². The van der Waals surface area contributed by atoms with E-state index in [9.17, 15) is 4.79 Å². The average Bonchev–Trinajstić information content (AvgIpc) is 2.78. The number of halogens is 1. The van der Waals surface area contributed by atoms with Crippen molar-refractivity contribution in [2.75, 3.05) is 0 Å². The molecule has 3 aromatic carbocycles. The summed E-state index contributed by atoms with van der Waals surface area (Å²) in [5.74, 6) is 0. The van der Waals surface area contributed by atoms with Crippen LogP contribution in [0.4, 0.5) is 5.69 Å². The molecule has 0 saturated carbocycles. The van der Waals surface area contributed by atoms with E-state index >= 15 is 0 Å². The van der Waals surface area contributed by atoms with Crippen LogP contribution in [0.1, 0.15) is 16.8 Å². The van der Waals surface area contributed by atoms with Gasteiger partial charge >= 0.3 is 0 Å². The van der Waals surface area contributed by atoms with Gasteiger partial charge in [0.15, 0.2) is 0 Å². The SMILES string of the molecule is Cc1cc(-c2ccccc2Br)c(N=C(c2ccccc2)c2ccccc2)c(=O)n1C. The maximum atomic E-state index is 13.3. The van der Waals surface area contributed by atoms with Gasteiger partial charge in [0.05, 0.1) is 5.71 Å². The summed E-state index contributed by atoms with van der Waals surface area (Å²) in [5, 5.41) is 0. The Kier molecular flexibility index (Phi) is 5.77. The lowest BCUT2D eigenvalue weighted by Crippen LogP contribution is -2.20. The van der Waals surface area contributed by atoms with Gasteiger partial charge < -0.3 is 4.57 Å². The van der Waals surface area contributed by atoms with Crippen molar-refractivity contribution >= 4 is 27.3 Å². The molecule has 0 fully saturated rings. The molecule has 0 radical (unpaired) electrons. The van der Waals surface area contributed by atoms with Crippen molar-refractivity contribution in [2.45, 2.75) is 6.92 Å². The van der Waals surface area contributed by atoms with E-state index in [1.165, 1.54) is 0 Å². The first-order valence-corrected chi connectivity index (χ1v) is 10.5. The van der Waals surface area contributed by atoms with Crippen molar-refractivity contribution in [3.63, 3.8) is 0 Å². The second kappa shape index (κ2) is 8.64. The molecule has 1 aromatic heterocycles. The highest BCUT2D eigenvalue weighted by Gasteiger charge is 2.17. The summed E-state index contributed by atoms with van der Waals surface area (Å²) in [6.07, 6.45) is 0. The van der Waals surface area contributed by atoms with E-state index in [1.54, 1.807) is 11.6 Å². The molecule has 0 bridgehead atoms. The van der Waals surface area contributed by atoms with Crippen LogP contribution in [0.5, 0.6) is 0 Å². The quantitative estimate of drug-likeness (QED) is 0.332. The Labute approximate surface area is 184 Å². The molecule has 148 valence electrons. The summed E-state index contributed by atoms with van der Waals surface area (Å²) in [6.45, 7) is 1.94. The molecular formula is C26H21BrN2O. The first kappa shape index (κ1) is 20.0. The first-order chi connectivity index (χ1) is 14.6. The van der Waals surface area contributed by atoms with E-state index in [4.69, 9.17) is 4.99 Å². The maximum absolute atomic E-state index is 13.3. The molecule has 4 aromatic rings. The minimum atomic E-state index is -0.120. The van der Waals surface area contributed by atoms with Crippen LogP contribution in [-0.2, 0) is 7.05 Å². The molecule has 3 nitrogen and oxygen atoms in total. The van der Waals surface area contributed by atoms with Crippen LogP contribution in [0.25, 0.3) is 11.1 Å². The number of rotatable bonds is 4. The van der Waals surface area contributed by atoms with Crippen molar-refractivity contribution < 1.29 is 0 Å². The second-order valence-corrected chi connectivity index (χ2v) is 7.94. The van der Waals surface area contributed by atoms with Crippen molar-refractivity contribution in [3.05, 3.63) is 123 Å². The number of pyridine rings is 1. The lowest BCUT2D eigenvalue weighted by molar-refractivity contribution is 0.820. The van der Waals surface area contributed by atoms with E-state index < -0.39 is 0 Å². The van der Waals surface area contributed by atoms with Gasteiger partial charge in [-0.15, -0.1) is 0 Å². The van der Waals surface area contributed by atoms with E-state index in [-0.39, 0.29) is 5.56 Å². The number of nitrogens with zero attached hydrogens (tertiary/aromatic N) is 2. The van der Waals surface area contributed by atoms with Crippen LogP contribution in [0.2, 0.25) is 0 Å². The topological polar surface area (TPSA) is 34.4 Å². The van der Waals surface area contributed by atoms with Crippen molar-refractivity contribution in [3.8, 4) is 11.1 Å². The molecule has 1 heterocycles. The fraction of sp³-hybridized carbons (Fsp3) is 0.0769. The van der Waals surface area contributed by atoms with Gasteiger partial charge in [-0.1, -0.05) is 94.8 Å². The molecule has 0 spiro atoms. The summed E-state index contributed by atoms with van der Waals surface area (Å²) in [4.78, 5) is 18.3. The van der Waals surface area contributed by atoms with Gasteiger partial charge in [0.25, 0.3) is 5.56 Å². The molecule has 0 saturated heterocycles. The zero-order valence-corrected chi connectivity index (χ0v) is 18.4. The predicted octanol–water partition coefficient (Wildman–Crippen LogP) is 6.29. The summed E-state index contributed by atoms with van der Waals surface area (Å²) >= 11 is 3.63. The lowest BCUT2D eigenvalue weighted by atomic mass is 10.0. The molecule has 0 aliphatic carbocycles. The van der Waals surface area contributed by atoms with Crippen LogP contribution in [-0.4, -0.2) is 10.3 Å². The third-order valence-electron chi connectivity index (χ3n) is 5.13. The molecule has 0 N–H and O–H groups in total. The normalized spacial score (nSPS) is 10.6. The van der Waals surface area contributed by atoms with Gasteiger partial charge in [-0.2, -0.15) is 0 Å². The van der Waals surface area contributed by atoms with Crippen LogP contribution in [0, 0.1) is 6.92 Å². The first-order valence-electron chi connectivity index (χ1n) is 9.71. The molecule has 0 unspecified atom stereocenters. The van der Waals surface area contributed by atoms with E-state index in [2.05, 4.69) is 15.9 Å². The largest absolute Gasteiger partial charge is 0.314 e. The van der Waals surface area contributed by atoms with E-state index in [0.29, 0.717) is 5.69 Å². The van der Waals surface area contributed by atoms with Gasteiger partial charge in [-0.05, 0) is 24.6 Å². The molecule has 0 aliphatic rings. The lowest BCUT2D eigenvalue weighted by Gasteiger charge is -2.14. The third kappa shape index (κ3) is 3.91. The average molecular weight is 457 g/mol. The van der Waals surface area contributed by atoms with Gasteiger partial charge in [0.1, 0.15) is 5.69 Å². The summed E-state index contributed by atoms with van der Waals surface area (Å²) < 4.78 is 2.57. The Morgan fingerprint density at radius 1 is 0.800 bits per heavy atom. The minimum Gasteiger partial charge on any atom is -0.314 e. The van der Waals surface area contributed by atoms with Gasteiger partial charge in [0, 0.05) is 33.9 Å². The minimum absolute atomic E-state index is 0.120. The number of benzene rings is 3. The maximum Gasteiger partial charge on any atom is 0.277 e. The van der Waals surface area contributed by atoms with Gasteiger partial charge in [-0.3, -0.25) is 4.79 Å². The fourth-order valence-electron chi connectivity index (χ4n) is 3.40. The highest BCUT2D eigenvalue weighted by Crippen LogP contribution is 2.34. The van der Waals surface area contributed by atoms with E-state index in [1.807, 2.05) is 97.9 Å². The Morgan fingerprint density at radius 3 is 1.90 bits per heavy atom. The van der Waals surface area contributed by atoms with Gasteiger partial charge in [-0.25, -0.2) is 4.99 Å². The number of aromatic nitrogens is 1. The van der Waals surface area contributed by atoms with Gasteiger partial charge in [0.2, 0.25) is 0 Å². The van der Waals surface area contributed by atoms with Crippen LogP contribution in [0.15, 0.2) is 105 Å². The Morgan fingerprint density at radius 2 is 1.33 bits per heavy atom. The zero-order valence-electron chi connectivity index (χ0n) is 16.8. The number of hydrogen-bond donors (Lipinski definition) is 0. The molecule has 0 atom stereocenters. The molecule has 4 heteroatoms. The summed E-state index contributed by atoms with van der Waals surface area (Å²) in [5.41, 5.74) is 5.64. The van der Waals surface area contributed by atoms with Crippen LogP contribution >= 0.6 is 15.9 Å². The number of aryl methyl sites for hydroxylation is 1. The monoisotopic (exact) mass is 456 g/mol. The highest BCUT2D eigenvalue weighted by molar-refractivity contribution is 9.10. The molecule has 30 heavy (non-hydrogen) atoms. The Hall–Kier alpha value is -3.24. The molecule has 4 rings (SSSR count). The zero-order chi connectivity index (χ0) is 21.1. The van der Waals surface area contributed by atoms with E-state index in [0.717, 1.165) is 38.1 Å². The fourth-order valence-corrected chi connectivity index (χ4v) is 3.90. The van der Waals surface area contributed by atoms with Crippen LogP contribution < -0.4 is 5.56 Å². The van der Waals surface area contributed by atoms with Crippen molar-refractivity contribution in [2.24, 2.45) is 12.0 Å². The predicted molar refractivity (Wildman–Crippen MR) is 128 cm³/mol. The Balaban J connectivity index is 2.05. The third-order valence-corrected chi connectivity index (χ3v) is 5.82. The highest BCUT2D eigenvalue weighted by atomic mass is 79.9. The molecule has 0 aliphatic heterocycles. The standard InChI is InChI=1S/C26H21BrN2O/c1-18-17-22(21-15-9-10-16-23(21)27)25(26(30)29(18)2)28-24(19-11-5-3-6-12-19)20-13-7-4-8-14-20/h3-17H,1-2H3. The summed E-state index contributed by atoms with van der Waals surface area (Å²) in [7, 11) is 1.78. The molecule has 0 amide bonds. The summed E-state index contributed by atoms with van der Waals surface area (Å²) in [6, 6.07) is 29.9. The molecular weight excluding hydrogens is 436 g/mol. The van der Waals surface area contributed by atoms with Crippen molar-refractivity contribution in [1.29, 1.82) is 0 Å².